The number of rotatable bonds is 5. The number of carbonyl (C=O) groups is 1. The molecule has 1 amide bonds. The summed E-state index contributed by atoms with van der Waals surface area (Å²) in [7, 11) is 1.81. The van der Waals surface area contributed by atoms with Crippen molar-refractivity contribution >= 4 is 17.5 Å². The molecular formula is C15H17ClN2O. The van der Waals surface area contributed by atoms with E-state index in [9.17, 15) is 4.79 Å². The van der Waals surface area contributed by atoms with Gasteiger partial charge in [0.1, 0.15) is 5.69 Å². The third-order valence-electron chi connectivity index (χ3n) is 3.03. The number of nitrogens with zero attached hydrogens (tertiary/aromatic N) is 1. The Morgan fingerprint density at radius 3 is 2.68 bits per heavy atom. The van der Waals surface area contributed by atoms with Crippen molar-refractivity contribution in [3.05, 3.63) is 58.9 Å². The SMILES string of the molecule is CN(CCCc1ccccc1)C(=O)c1cc(Cl)c[nH]1. The molecule has 1 aromatic carbocycles. The molecule has 0 atom stereocenters. The third-order valence-corrected chi connectivity index (χ3v) is 3.24. The fraction of sp³-hybridized carbons (Fsp3) is 0.267. The standard InChI is InChI=1S/C15H17ClN2O/c1-18(15(19)14-10-13(16)11-17-14)9-5-8-12-6-3-2-4-7-12/h2-4,6-7,10-11,17H,5,8-9H2,1H3. The minimum atomic E-state index is -0.0278. The highest BCUT2D eigenvalue weighted by Gasteiger charge is 2.12. The maximum atomic E-state index is 12.0. The summed E-state index contributed by atoms with van der Waals surface area (Å²) < 4.78 is 0. The van der Waals surface area contributed by atoms with E-state index in [1.165, 1.54) is 5.56 Å². The van der Waals surface area contributed by atoms with Crippen molar-refractivity contribution in [1.82, 2.24) is 9.88 Å². The molecule has 1 N–H and O–H groups in total. The van der Waals surface area contributed by atoms with Gasteiger partial charge >= 0.3 is 0 Å². The second-order valence-corrected chi connectivity index (χ2v) is 4.98. The number of H-pyrrole nitrogens is 1. The van der Waals surface area contributed by atoms with Crippen molar-refractivity contribution in [3.63, 3.8) is 0 Å². The van der Waals surface area contributed by atoms with E-state index in [4.69, 9.17) is 11.6 Å². The molecule has 0 spiro atoms. The Morgan fingerprint density at radius 1 is 1.32 bits per heavy atom. The normalized spacial score (nSPS) is 10.4. The molecule has 0 fully saturated rings. The monoisotopic (exact) mass is 276 g/mol. The van der Waals surface area contributed by atoms with Crippen LogP contribution in [-0.2, 0) is 6.42 Å². The van der Waals surface area contributed by atoms with Crippen molar-refractivity contribution in [2.24, 2.45) is 0 Å². The van der Waals surface area contributed by atoms with Crippen molar-refractivity contribution in [1.29, 1.82) is 0 Å². The number of benzene rings is 1. The first kappa shape index (κ1) is 13.7. The Balaban J connectivity index is 1.81. The number of amides is 1. The van der Waals surface area contributed by atoms with Crippen molar-refractivity contribution in [3.8, 4) is 0 Å². The summed E-state index contributed by atoms with van der Waals surface area (Å²) in [5.41, 5.74) is 1.83. The van der Waals surface area contributed by atoms with Gasteiger partial charge < -0.3 is 9.88 Å². The Bertz CT molecular complexity index is 536. The summed E-state index contributed by atoms with van der Waals surface area (Å²) >= 11 is 5.79. The molecule has 19 heavy (non-hydrogen) atoms. The zero-order chi connectivity index (χ0) is 13.7. The summed E-state index contributed by atoms with van der Waals surface area (Å²) in [4.78, 5) is 16.6. The smallest absolute Gasteiger partial charge is 0.270 e. The van der Waals surface area contributed by atoms with E-state index in [0.717, 1.165) is 19.4 Å². The van der Waals surface area contributed by atoms with Crippen LogP contribution in [0.15, 0.2) is 42.6 Å². The Kier molecular flexibility index (Phi) is 4.63. The molecule has 0 unspecified atom stereocenters. The molecule has 0 bridgehead atoms. The highest BCUT2D eigenvalue weighted by Crippen LogP contribution is 2.11. The van der Waals surface area contributed by atoms with Gasteiger partial charge in [0, 0.05) is 19.8 Å². The van der Waals surface area contributed by atoms with Crippen LogP contribution >= 0.6 is 11.6 Å². The third kappa shape index (κ3) is 3.86. The quantitative estimate of drug-likeness (QED) is 0.893. The minimum Gasteiger partial charge on any atom is -0.356 e. The second-order valence-electron chi connectivity index (χ2n) is 4.55. The van der Waals surface area contributed by atoms with Gasteiger partial charge in [0.05, 0.1) is 5.02 Å². The average molecular weight is 277 g/mol. The fourth-order valence-corrected chi connectivity index (χ4v) is 2.13. The molecular weight excluding hydrogens is 260 g/mol. The topological polar surface area (TPSA) is 36.1 Å². The summed E-state index contributed by atoms with van der Waals surface area (Å²) in [6.07, 6.45) is 3.54. The van der Waals surface area contributed by atoms with Gasteiger partial charge in [0.2, 0.25) is 0 Å². The summed E-state index contributed by atoms with van der Waals surface area (Å²) in [5, 5.41) is 0.557. The molecule has 2 rings (SSSR count). The lowest BCUT2D eigenvalue weighted by molar-refractivity contribution is 0.0788. The molecule has 2 aromatic rings. The van der Waals surface area contributed by atoms with E-state index in [-0.39, 0.29) is 5.91 Å². The predicted octanol–water partition coefficient (Wildman–Crippen LogP) is 3.37. The lowest BCUT2D eigenvalue weighted by atomic mass is 10.1. The molecule has 100 valence electrons. The van der Waals surface area contributed by atoms with Crippen LogP contribution in [-0.4, -0.2) is 29.4 Å². The average Bonchev–Trinajstić information content (AvgIpc) is 2.85. The number of aromatic amines is 1. The molecule has 4 heteroatoms. The molecule has 0 saturated heterocycles. The highest BCUT2D eigenvalue weighted by atomic mass is 35.5. The summed E-state index contributed by atoms with van der Waals surface area (Å²) in [6.45, 7) is 0.727. The van der Waals surface area contributed by atoms with E-state index in [1.807, 2.05) is 25.2 Å². The van der Waals surface area contributed by atoms with Gasteiger partial charge in [-0.25, -0.2) is 0 Å². The number of hydrogen-bond donors (Lipinski definition) is 1. The first-order valence-corrected chi connectivity index (χ1v) is 6.68. The fourth-order valence-electron chi connectivity index (χ4n) is 1.96. The minimum absolute atomic E-state index is 0.0278. The van der Waals surface area contributed by atoms with Crippen LogP contribution in [0.2, 0.25) is 5.02 Å². The molecule has 1 aromatic heterocycles. The number of carbonyl (C=O) groups excluding carboxylic acids is 1. The van der Waals surface area contributed by atoms with Gasteiger partial charge in [0.25, 0.3) is 5.91 Å². The first-order chi connectivity index (χ1) is 9.16. The zero-order valence-electron chi connectivity index (χ0n) is 10.9. The van der Waals surface area contributed by atoms with Crippen LogP contribution in [0.1, 0.15) is 22.5 Å². The Morgan fingerprint density at radius 2 is 2.05 bits per heavy atom. The van der Waals surface area contributed by atoms with Gasteiger partial charge in [-0.2, -0.15) is 0 Å². The molecule has 3 nitrogen and oxygen atoms in total. The van der Waals surface area contributed by atoms with Crippen LogP contribution in [0.25, 0.3) is 0 Å². The maximum Gasteiger partial charge on any atom is 0.270 e. The van der Waals surface area contributed by atoms with Crippen molar-refractivity contribution < 1.29 is 4.79 Å². The number of nitrogens with one attached hydrogen (secondary N) is 1. The van der Waals surface area contributed by atoms with E-state index in [0.29, 0.717) is 10.7 Å². The molecule has 0 aliphatic heterocycles. The predicted molar refractivity (Wildman–Crippen MR) is 77.5 cm³/mol. The Hall–Kier alpha value is -1.74. The second kappa shape index (κ2) is 6.43. The zero-order valence-corrected chi connectivity index (χ0v) is 11.7. The highest BCUT2D eigenvalue weighted by molar-refractivity contribution is 6.30. The molecule has 0 radical (unpaired) electrons. The number of halogens is 1. The van der Waals surface area contributed by atoms with Crippen LogP contribution in [0, 0.1) is 0 Å². The van der Waals surface area contributed by atoms with E-state index < -0.39 is 0 Å². The van der Waals surface area contributed by atoms with Crippen LogP contribution in [0.5, 0.6) is 0 Å². The lowest BCUT2D eigenvalue weighted by Gasteiger charge is -2.16. The van der Waals surface area contributed by atoms with Gasteiger partial charge in [-0.3, -0.25) is 4.79 Å². The van der Waals surface area contributed by atoms with Crippen LogP contribution in [0.4, 0.5) is 0 Å². The number of aryl methyl sites for hydroxylation is 1. The maximum absolute atomic E-state index is 12.0. The van der Waals surface area contributed by atoms with Gasteiger partial charge in [-0.05, 0) is 24.5 Å². The van der Waals surface area contributed by atoms with Gasteiger partial charge in [-0.15, -0.1) is 0 Å². The van der Waals surface area contributed by atoms with Crippen LogP contribution < -0.4 is 0 Å². The molecule has 0 aliphatic carbocycles. The first-order valence-electron chi connectivity index (χ1n) is 6.30. The molecule has 1 heterocycles. The molecule has 0 aliphatic rings. The van der Waals surface area contributed by atoms with E-state index in [2.05, 4.69) is 17.1 Å². The Labute approximate surface area is 118 Å². The summed E-state index contributed by atoms with van der Waals surface area (Å²) in [5.74, 6) is -0.0278. The number of aromatic nitrogens is 1. The number of hydrogen-bond acceptors (Lipinski definition) is 1. The largest absolute Gasteiger partial charge is 0.356 e. The van der Waals surface area contributed by atoms with E-state index in [1.54, 1.807) is 17.2 Å². The van der Waals surface area contributed by atoms with Crippen LogP contribution in [0.3, 0.4) is 0 Å². The van der Waals surface area contributed by atoms with E-state index >= 15 is 0 Å². The van der Waals surface area contributed by atoms with Gasteiger partial charge in [0.15, 0.2) is 0 Å². The lowest BCUT2D eigenvalue weighted by Crippen LogP contribution is -2.28. The molecule has 0 saturated carbocycles. The van der Waals surface area contributed by atoms with Gasteiger partial charge in [-0.1, -0.05) is 41.9 Å². The van der Waals surface area contributed by atoms with Crippen molar-refractivity contribution in [2.75, 3.05) is 13.6 Å². The summed E-state index contributed by atoms with van der Waals surface area (Å²) in [6, 6.07) is 11.9. The van der Waals surface area contributed by atoms with Crippen molar-refractivity contribution in [2.45, 2.75) is 12.8 Å².